The standard InChI is InChI=1S/C12H17NO2S/c1-7(2)9-13-8(5-16-9)12(10(14)15)6-11(12,3)4/h5,7H,6H2,1-4H3,(H,14,15). The number of hydrogen-bond acceptors (Lipinski definition) is 3. The van der Waals surface area contributed by atoms with Crippen molar-refractivity contribution in [3.63, 3.8) is 0 Å². The van der Waals surface area contributed by atoms with Gasteiger partial charge in [-0.05, 0) is 11.8 Å². The van der Waals surface area contributed by atoms with Gasteiger partial charge in [-0.3, -0.25) is 4.79 Å². The second kappa shape index (κ2) is 3.29. The van der Waals surface area contributed by atoms with E-state index in [0.29, 0.717) is 12.3 Å². The fourth-order valence-electron chi connectivity index (χ4n) is 2.28. The van der Waals surface area contributed by atoms with Crippen LogP contribution in [0.2, 0.25) is 0 Å². The maximum absolute atomic E-state index is 11.4. The SMILES string of the molecule is CC(C)c1nc(C2(C(=O)O)CC2(C)C)cs1. The van der Waals surface area contributed by atoms with Gasteiger partial charge in [0.05, 0.1) is 10.7 Å². The molecular formula is C12H17NO2S. The van der Waals surface area contributed by atoms with Crippen LogP contribution in [-0.4, -0.2) is 16.1 Å². The summed E-state index contributed by atoms with van der Waals surface area (Å²) in [5.41, 5.74) is -0.156. The van der Waals surface area contributed by atoms with Gasteiger partial charge in [-0.1, -0.05) is 27.7 Å². The highest BCUT2D eigenvalue weighted by Gasteiger charge is 2.69. The fourth-order valence-corrected chi connectivity index (χ4v) is 3.19. The van der Waals surface area contributed by atoms with Crippen LogP contribution in [-0.2, 0) is 10.2 Å². The van der Waals surface area contributed by atoms with E-state index in [1.54, 1.807) is 11.3 Å². The summed E-state index contributed by atoms with van der Waals surface area (Å²) in [6.07, 6.45) is 0.691. The molecular weight excluding hydrogens is 222 g/mol. The van der Waals surface area contributed by atoms with E-state index in [1.165, 1.54) is 0 Å². The lowest BCUT2D eigenvalue weighted by Crippen LogP contribution is -2.26. The summed E-state index contributed by atoms with van der Waals surface area (Å²) in [5, 5.41) is 12.3. The van der Waals surface area contributed by atoms with Gasteiger partial charge in [-0.2, -0.15) is 0 Å². The van der Waals surface area contributed by atoms with Gasteiger partial charge in [-0.25, -0.2) is 4.98 Å². The van der Waals surface area contributed by atoms with Crippen LogP contribution in [0.4, 0.5) is 0 Å². The predicted octanol–water partition coefficient (Wildman–Crippen LogP) is 3.02. The molecule has 2 rings (SSSR count). The lowest BCUT2D eigenvalue weighted by atomic mass is 9.93. The normalized spacial score (nSPS) is 27.1. The Morgan fingerprint density at radius 3 is 2.44 bits per heavy atom. The van der Waals surface area contributed by atoms with Crippen LogP contribution in [0.1, 0.15) is 50.7 Å². The molecule has 0 aliphatic heterocycles. The van der Waals surface area contributed by atoms with E-state index in [0.717, 1.165) is 10.7 Å². The molecule has 1 aliphatic rings. The van der Waals surface area contributed by atoms with Crippen molar-refractivity contribution in [2.75, 3.05) is 0 Å². The number of carbonyl (C=O) groups is 1. The quantitative estimate of drug-likeness (QED) is 0.882. The highest BCUT2D eigenvalue weighted by atomic mass is 32.1. The molecule has 0 bridgehead atoms. The lowest BCUT2D eigenvalue weighted by Gasteiger charge is -2.12. The molecule has 1 atom stereocenters. The van der Waals surface area contributed by atoms with Crippen molar-refractivity contribution in [3.8, 4) is 0 Å². The summed E-state index contributed by atoms with van der Waals surface area (Å²) in [6.45, 7) is 8.15. The van der Waals surface area contributed by atoms with E-state index in [-0.39, 0.29) is 5.41 Å². The van der Waals surface area contributed by atoms with Gasteiger partial charge >= 0.3 is 5.97 Å². The third-order valence-electron chi connectivity index (χ3n) is 3.56. The highest BCUT2D eigenvalue weighted by Crippen LogP contribution is 2.64. The van der Waals surface area contributed by atoms with Crippen LogP contribution in [0.5, 0.6) is 0 Å². The zero-order valence-electron chi connectivity index (χ0n) is 10.1. The van der Waals surface area contributed by atoms with Crippen LogP contribution in [0, 0.1) is 5.41 Å². The minimum Gasteiger partial charge on any atom is -0.481 e. The Morgan fingerprint density at radius 1 is 1.56 bits per heavy atom. The van der Waals surface area contributed by atoms with E-state index in [4.69, 9.17) is 0 Å². The summed E-state index contributed by atoms with van der Waals surface area (Å²) in [5.74, 6) is -0.371. The minimum absolute atomic E-state index is 0.166. The summed E-state index contributed by atoms with van der Waals surface area (Å²) in [4.78, 5) is 15.9. The van der Waals surface area contributed by atoms with Crippen molar-refractivity contribution < 1.29 is 9.90 Å². The number of rotatable bonds is 3. The molecule has 88 valence electrons. The monoisotopic (exact) mass is 239 g/mol. The number of aromatic nitrogens is 1. The molecule has 1 fully saturated rings. The second-order valence-corrected chi connectivity index (χ2v) is 6.39. The Balaban J connectivity index is 2.40. The maximum Gasteiger partial charge on any atom is 0.316 e. The van der Waals surface area contributed by atoms with Crippen molar-refractivity contribution in [3.05, 3.63) is 16.1 Å². The van der Waals surface area contributed by atoms with Crippen molar-refractivity contribution in [1.82, 2.24) is 4.98 Å². The smallest absolute Gasteiger partial charge is 0.316 e. The molecule has 1 aromatic heterocycles. The lowest BCUT2D eigenvalue weighted by molar-refractivity contribution is -0.141. The first-order valence-electron chi connectivity index (χ1n) is 5.50. The summed E-state index contributed by atoms with van der Waals surface area (Å²) in [7, 11) is 0. The Hall–Kier alpha value is -0.900. The average molecular weight is 239 g/mol. The highest BCUT2D eigenvalue weighted by molar-refractivity contribution is 7.09. The van der Waals surface area contributed by atoms with Crippen molar-refractivity contribution >= 4 is 17.3 Å². The van der Waals surface area contributed by atoms with Crippen LogP contribution in [0.25, 0.3) is 0 Å². The maximum atomic E-state index is 11.4. The molecule has 0 radical (unpaired) electrons. The largest absolute Gasteiger partial charge is 0.481 e. The minimum atomic E-state index is -0.739. The first-order chi connectivity index (χ1) is 7.31. The predicted molar refractivity (Wildman–Crippen MR) is 63.9 cm³/mol. The summed E-state index contributed by atoms with van der Waals surface area (Å²) in [6, 6.07) is 0. The van der Waals surface area contributed by atoms with Crippen LogP contribution in [0.3, 0.4) is 0 Å². The molecule has 0 amide bonds. The van der Waals surface area contributed by atoms with Gasteiger partial charge in [0.25, 0.3) is 0 Å². The van der Waals surface area contributed by atoms with Gasteiger partial charge in [0.1, 0.15) is 5.41 Å². The van der Waals surface area contributed by atoms with Gasteiger partial charge in [0.15, 0.2) is 0 Å². The van der Waals surface area contributed by atoms with E-state index >= 15 is 0 Å². The molecule has 1 saturated carbocycles. The molecule has 16 heavy (non-hydrogen) atoms. The number of nitrogens with zero attached hydrogens (tertiary/aromatic N) is 1. The molecule has 3 nitrogen and oxygen atoms in total. The van der Waals surface area contributed by atoms with E-state index < -0.39 is 11.4 Å². The zero-order chi connectivity index (χ0) is 12.1. The van der Waals surface area contributed by atoms with E-state index in [2.05, 4.69) is 18.8 Å². The molecule has 1 heterocycles. The second-order valence-electron chi connectivity index (χ2n) is 5.50. The first-order valence-corrected chi connectivity index (χ1v) is 6.38. The molecule has 1 N–H and O–H groups in total. The Bertz CT molecular complexity index is 436. The van der Waals surface area contributed by atoms with E-state index in [1.807, 2.05) is 19.2 Å². The Labute approximate surface area is 99.5 Å². The third kappa shape index (κ3) is 1.39. The van der Waals surface area contributed by atoms with Crippen LogP contribution < -0.4 is 0 Å². The molecule has 1 aromatic rings. The first kappa shape index (κ1) is 11.6. The molecule has 0 saturated heterocycles. The number of hydrogen-bond donors (Lipinski definition) is 1. The van der Waals surface area contributed by atoms with E-state index in [9.17, 15) is 9.90 Å². The molecule has 0 spiro atoms. The topological polar surface area (TPSA) is 50.2 Å². The molecule has 1 unspecified atom stereocenters. The van der Waals surface area contributed by atoms with Gasteiger partial charge in [0.2, 0.25) is 0 Å². The number of thiazole rings is 1. The number of carboxylic acids is 1. The molecule has 4 heteroatoms. The number of carboxylic acid groups (broad SMARTS) is 1. The average Bonchev–Trinajstić information content (AvgIpc) is 2.61. The summed E-state index contributed by atoms with van der Waals surface area (Å²) < 4.78 is 0. The third-order valence-corrected chi connectivity index (χ3v) is 4.70. The molecule has 1 aliphatic carbocycles. The van der Waals surface area contributed by atoms with Crippen molar-refractivity contribution in [2.24, 2.45) is 5.41 Å². The zero-order valence-corrected chi connectivity index (χ0v) is 10.9. The van der Waals surface area contributed by atoms with Gasteiger partial charge in [-0.15, -0.1) is 11.3 Å². The summed E-state index contributed by atoms with van der Waals surface area (Å²) >= 11 is 1.57. The Morgan fingerprint density at radius 2 is 2.12 bits per heavy atom. The van der Waals surface area contributed by atoms with Gasteiger partial charge in [0, 0.05) is 11.3 Å². The van der Waals surface area contributed by atoms with Gasteiger partial charge < -0.3 is 5.11 Å². The van der Waals surface area contributed by atoms with Crippen molar-refractivity contribution in [1.29, 1.82) is 0 Å². The molecule has 0 aromatic carbocycles. The number of aliphatic carboxylic acids is 1. The van der Waals surface area contributed by atoms with Crippen LogP contribution >= 0.6 is 11.3 Å². The van der Waals surface area contributed by atoms with Crippen molar-refractivity contribution in [2.45, 2.75) is 45.4 Å². The Kier molecular flexibility index (Phi) is 2.38. The van der Waals surface area contributed by atoms with Crippen LogP contribution in [0.15, 0.2) is 5.38 Å². The fraction of sp³-hybridized carbons (Fsp3) is 0.667.